The molecule has 88 valence electrons. The van der Waals surface area contributed by atoms with Crippen LogP contribution in [0.4, 0.5) is 5.82 Å². The lowest BCUT2D eigenvalue weighted by molar-refractivity contribution is 0.426. The highest BCUT2D eigenvalue weighted by Crippen LogP contribution is 2.26. The fourth-order valence-electron chi connectivity index (χ4n) is 2.10. The second kappa shape index (κ2) is 4.55. The van der Waals surface area contributed by atoms with Crippen molar-refractivity contribution >= 4 is 21.7 Å². The van der Waals surface area contributed by atoms with Crippen LogP contribution in [0.15, 0.2) is 15.6 Å². The molecule has 1 fully saturated rings. The summed E-state index contributed by atoms with van der Waals surface area (Å²) in [6, 6.07) is 0.571. The SMILES string of the molecule is CC1CC(N)CCN1c1nc[nH]c(=O)c1Br. The van der Waals surface area contributed by atoms with Crippen molar-refractivity contribution in [1.82, 2.24) is 9.97 Å². The molecule has 6 heteroatoms. The number of piperidine rings is 1. The van der Waals surface area contributed by atoms with E-state index >= 15 is 0 Å². The van der Waals surface area contributed by atoms with Crippen LogP contribution < -0.4 is 16.2 Å². The highest BCUT2D eigenvalue weighted by atomic mass is 79.9. The highest BCUT2D eigenvalue weighted by Gasteiger charge is 2.26. The molecule has 16 heavy (non-hydrogen) atoms. The number of hydrogen-bond acceptors (Lipinski definition) is 4. The predicted octanol–water partition coefficient (Wildman–Crippen LogP) is 0.848. The van der Waals surface area contributed by atoms with Crippen molar-refractivity contribution in [2.75, 3.05) is 11.4 Å². The van der Waals surface area contributed by atoms with Crippen molar-refractivity contribution in [1.29, 1.82) is 0 Å². The summed E-state index contributed by atoms with van der Waals surface area (Å²) >= 11 is 3.28. The van der Waals surface area contributed by atoms with Gasteiger partial charge in [0.15, 0.2) is 5.82 Å². The summed E-state index contributed by atoms with van der Waals surface area (Å²) in [6.45, 7) is 2.95. The number of hydrogen-bond donors (Lipinski definition) is 2. The lowest BCUT2D eigenvalue weighted by Crippen LogP contribution is -2.46. The molecule has 1 aromatic heterocycles. The largest absolute Gasteiger partial charge is 0.353 e. The van der Waals surface area contributed by atoms with Crippen molar-refractivity contribution < 1.29 is 0 Å². The molecule has 2 atom stereocenters. The summed E-state index contributed by atoms with van der Waals surface area (Å²) in [5.74, 6) is 0.711. The van der Waals surface area contributed by atoms with Gasteiger partial charge in [-0.15, -0.1) is 0 Å². The van der Waals surface area contributed by atoms with Gasteiger partial charge in [-0.25, -0.2) is 4.98 Å². The molecule has 3 N–H and O–H groups in total. The lowest BCUT2D eigenvalue weighted by Gasteiger charge is -2.37. The molecule has 2 rings (SSSR count). The first-order valence-corrected chi connectivity index (χ1v) is 6.14. The number of anilines is 1. The number of halogens is 1. The molecular weight excluding hydrogens is 272 g/mol. The van der Waals surface area contributed by atoms with E-state index < -0.39 is 0 Å². The average Bonchev–Trinajstić information content (AvgIpc) is 2.23. The number of rotatable bonds is 1. The summed E-state index contributed by atoms with van der Waals surface area (Å²) in [7, 11) is 0. The molecule has 0 bridgehead atoms. The number of H-pyrrole nitrogens is 1. The van der Waals surface area contributed by atoms with E-state index in [1.165, 1.54) is 6.33 Å². The van der Waals surface area contributed by atoms with Crippen molar-refractivity contribution in [2.24, 2.45) is 5.73 Å². The summed E-state index contributed by atoms with van der Waals surface area (Å²) in [5, 5.41) is 0. The van der Waals surface area contributed by atoms with Gasteiger partial charge in [-0.05, 0) is 35.7 Å². The Morgan fingerprint density at radius 3 is 3.12 bits per heavy atom. The summed E-state index contributed by atoms with van der Waals surface area (Å²) in [6.07, 6.45) is 3.30. The smallest absolute Gasteiger partial charge is 0.267 e. The fraction of sp³-hybridized carbons (Fsp3) is 0.600. The normalized spacial score (nSPS) is 25.8. The van der Waals surface area contributed by atoms with E-state index in [2.05, 4.69) is 37.7 Å². The van der Waals surface area contributed by atoms with E-state index in [4.69, 9.17) is 5.73 Å². The minimum Gasteiger partial charge on any atom is -0.353 e. The first-order valence-electron chi connectivity index (χ1n) is 5.35. The zero-order valence-corrected chi connectivity index (χ0v) is 10.7. The van der Waals surface area contributed by atoms with Gasteiger partial charge in [0.05, 0.1) is 6.33 Å². The Morgan fingerprint density at radius 1 is 1.69 bits per heavy atom. The molecule has 1 aromatic rings. The van der Waals surface area contributed by atoms with E-state index in [-0.39, 0.29) is 11.6 Å². The van der Waals surface area contributed by atoms with Crippen LogP contribution in [-0.4, -0.2) is 28.6 Å². The van der Waals surface area contributed by atoms with Crippen molar-refractivity contribution in [3.8, 4) is 0 Å². The van der Waals surface area contributed by atoms with Crippen LogP contribution in [0.5, 0.6) is 0 Å². The van der Waals surface area contributed by atoms with Crippen LogP contribution in [0.1, 0.15) is 19.8 Å². The lowest BCUT2D eigenvalue weighted by atomic mass is 9.99. The van der Waals surface area contributed by atoms with Crippen LogP contribution in [0, 0.1) is 0 Å². The van der Waals surface area contributed by atoms with Crippen molar-refractivity contribution in [3.63, 3.8) is 0 Å². The molecule has 0 aromatic carbocycles. The van der Waals surface area contributed by atoms with Crippen LogP contribution in [0.2, 0.25) is 0 Å². The third-order valence-electron chi connectivity index (χ3n) is 2.97. The molecule has 2 unspecified atom stereocenters. The molecule has 1 saturated heterocycles. The molecule has 0 saturated carbocycles. The number of nitrogens with two attached hydrogens (primary N) is 1. The quantitative estimate of drug-likeness (QED) is 0.803. The Morgan fingerprint density at radius 2 is 2.44 bits per heavy atom. The minimum absolute atomic E-state index is 0.146. The Bertz CT molecular complexity index is 433. The molecule has 2 heterocycles. The Kier molecular flexibility index (Phi) is 3.30. The number of nitrogens with one attached hydrogen (secondary N) is 1. The Hall–Kier alpha value is -0.880. The first kappa shape index (κ1) is 11.6. The standard InChI is InChI=1S/C10H15BrN4O/c1-6-4-7(12)2-3-15(6)9-8(11)10(16)14-5-13-9/h5-7H,2-4,12H2,1H3,(H,13,14,16). The van der Waals surface area contributed by atoms with Crippen molar-refractivity contribution in [2.45, 2.75) is 31.8 Å². The summed E-state index contributed by atoms with van der Waals surface area (Å²) < 4.78 is 0.498. The monoisotopic (exact) mass is 286 g/mol. The second-order valence-corrected chi connectivity index (χ2v) is 4.99. The van der Waals surface area contributed by atoms with Gasteiger partial charge < -0.3 is 15.6 Å². The van der Waals surface area contributed by atoms with E-state index in [9.17, 15) is 4.79 Å². The number of aromatic amines is 1. The molecule has 1 aliphatic rings. The Balaban J connectivity index is 2.30. The van der Waals surface area contributed by atoms with E-state index in [1.54, 1.807) is 0 Å². The maximum atomic E-state index is 11.5. The molecule has 1 aliphatic heterocycles. The van der Waals surface area contributed by atoms with Gasteiger partial charge in [0.25, 0.3) is 5.56 Å². The summed E-state index contributed by atoms with van der Waals surface area (Å²) in [5.41, 5.74) is 5.76. The van der Waals surface area contributed by atoms with E-state index in [0.717, 1.165) is 19.4 Å². The minimum atomic E-state index is -0.146. The second-order valence-electron chi connectivity index (χ2n) is 4.20. The van der Waals surface area contributed by atoms with E-state index in [1.807, 2.05) is 0 Å². The van der Waals surface area contributed by atoms with Crippen molar-refractivity contribution in [3.05, 3.63) is 21.2 Å². The van der Waals surface area contributed by atoms with Crippen LogP contribution >= 0.6 is 15.9 Å². The van der Waals surface area contributed by atoms with Gasteiger partial charge in [0.2, 0.25) is 0 Å². The average molecular weight is 287 g/mol. The molecule has 0 spiro atoms. The topological polar surface area (TPSA) is 75.0 Å². The Labute approximate surface area is 102 Å². The van der Waals surface area contributed by atoms with Crippen LogP contribution in [0.25, 0.3) is 0 Å². The zero-order valence-electron chi connectivity index (χ0n) is 9.11. The number of aromatic nitrogens is 2. The van der Waals surface area contributed by atoms with Crippen LogP contribution in [0.3, 0.4) is 0 Å². The van der Waals surface area contributed by atoms with E-state index in [0.29, 0.717) is 16.3 Å². The molecule has 5 nitrogen and oxygen atoms in total. The third kappa shape index (κ3) is 2.12. The van der Waals surface area contributed by atoms with Crippen LogP contribution in [-0.2, 0) is 0 Å². The molecule has 0 aliphatic carbocycles. The maximum Gasteiger partial charge on any atom is 0.267 e. The van der Waals surface area contributed by atoms with Gasteiger partial charge in [-0.2, -0.15) is 0 Å². The predicted molar refractivity (Wildman–Crippen MR) is 66.6 cm³/mol. The van der Waals surface area contributed by atoms with Gasteiger partial charge in [-0.1, -0.05) is 0 Å². The van der Waals surface area contributed by atoms with Gasteiger partial charge in [0.1, 0.15) is 4.47 Å². The first-order chi connectivity index (χ1) is 7.59. The zero-order chi connectivity index (χ0) is 11.7. The molecule has 0 amide bonds. The highest BCUT2D eigenvalue weighted by molar-refractivity contribution is 9.10. The molecule has 0 radical (unpaired) electrons. The third-order valence-corrected chi connectivity index (χ3v) is 3.68. The fourth-order valence-corrected chi connectivity index (χ4v) is 2.54. The van der Waals surface area contributed by atoms with Gasteiger partial charge in [0, 0.05) is 18.6 Å². The van der Waals surface area contributed by atoms with Gasteiger partial charge >= 0.3 is 0 Å². The summed E-state index contributed by atoms with van der Waals surface area (Å²) in [4.78, 5) is 20.3. The molecular formula is C10H15BrN4O. The number of nitrogens with zero attached hydrogens (tertiary/aromatic N) is 2. The van der Waals surface area contributed by atoms with Gasteiger partial charge in [-0.3, -0.25) is 4.79 Å². The maximum absolute atomic E-state index is 11.5.